The number of rotatable bonds is 6. The molecule has 1 aliphatic rings. The maximum atomic E-state index is 6.00. The molecule has 0 radical (unpaired) electrons. The molecule has 1 aromatic rings. The molecular weight excluding hydrogens is 214 g/mol. The zero-order valence-electron chi connectivity index (χ0n) is 10.9. The van der Waals surface area contributed by atoms with Crippen molar-refractivity contribution in [2.75, 3.05) is 13.1 Å². The molecule has 4 nitrogen and oxygen atoms in total. The first-order chi connectivity index (χ1) is 8.28. The Morgan fingerprint density at radius 2 is 2.29 bits per heavy atom. The highest BCUT2D eigenvalue weighted by Gasteiger charge is 2.25. The monoisotopic (exact) mass is 237 g/mol. The quantitative estimate of drug-likeness (QED) is 0.766. The maximum Gasteiger partial charge on any atom is 0.0776 e. The van der Waals surface area contributed by atoms with Crippen LogP contribution in [0.4, 0.5) is 0 Å². The van der Waals surface area contributed by atoms with E-state index >= 15 is 0 Å². The predicted octanol–water partition coefficient (Wildman–Crippen LogP) is 1.74. The van der Waals surface area contributed by atoms with Crippen molar-refractivity contribution in [3.05, 3.63) is 18.0 Å². The van der Waals surface area contributed by atoms with Crippen LogP contribution in [0.25, 0.3) is 0 Å². The van der Waals surface area contributed by atoms with Crippen LogP contribution in [0.1, 0.15) is 31.7 Å². The van der Waals surface area contributed by atoms with E-state index in [0.29, 0.717) is 12.2 Å². The molecule has 1 aromatic heterocycles. The van der Waals surface area contributed by atoms with E-state index in [2.05, 4.69) is 30.5 Å². The predicted molar refractivity (Wildman–Crippen MR) is 68.0 cm³/mol. The standard InChI is InChI=1S/C13H23N3O/c1-3-6-14-8-12-4-5-13(17-12)10-16-9-11(2)7-15-16/h7,9,12-14H,3-6,8,10H2,1-2H3. The molecule has 2 unspecified atom stereocenters. The summed E-state index contributed by atoms with van der Waals surface area (Å²) >= 11 is 0. The third-order valence-corrected chi connectivity index (χ3v) is 3.15. The Labute approximate surface area is 103 Å². The first-order valence-corrected chi connectivity index (χ1v) is 6.63. The zero-order chi connectivity index (χ0) is 12.1. The van der Waals surface area contributed by atoms with Crippen LogP contribution < -0.4 is 5.32 Å². The Morgan fingerprint density at radius 1 is 1.47 bits per heavy atom. The van der Waals surface area contributed by atoms with Crippen molar-refractivity contribution in [1.82, 2.24) is 15.1 Å². The minimum absolute atomic E-state index is 0.336. The van der Waals surface area contributed by atoms with Crippen molar-refractivity contribution in [2.24, 2.45) is 0 Å². The summed E-state index contributed by atoms with van der Waals surface area (Å²) in [6, 6.07) is 0. The van der Waals surface area contributed by atoms with Crippen LogP contribution in [0.2, 0.25) is 0 Å². The number of ether oxygens (including phenoxy) is 1. The van der Waals surface area contributed by atoms with Gasteiger partial charge in [0.15, 0.2) is 0 Å². The van der Waals surface area contributed by atoms with E-state index < -0.39 is 0 Å². The smallest absolute Gasteiger partial charge is 0.0776 e. The first kappa shape index (κ1) is 12.6. The molecule has 2 heterocycles. The summed E-state index contributed by atoms with van der Waals surface area (Å²) in [6.45, 7) is 7.21. The van der Waals surface area contributed by atoms with Crippen molar-refractivity contribution in [3.8, 4) is 0 Å². The van der Waals surface area contributed by atoms with Crippen LogP contribution in [-0.2, 0) is 11.3 Å². The highest BCUT2D eigenvalue weighted by Crippen LogP contribution is 2.20. The highest BCUT2D eigenvalue weighted by molar-refractivity contribution is 4.99. The Morgan fingerprint density at radius 3 is 3.00 bits per heavy atom. The van der Waals surface area contributed by atoms with Crippen molar-refractivity contribution in [3.63, 3.8) is 0 Å². The lowest BCUT2D eigenvalue weighted by molar-refractivity contribution is 0.0343. The summed E-state index contributed by atoms with van der Waals surface area (Å²) in [5.41, 5.74) is 1.21. The van der Waals surface area contributed by atoms with Crippen LogP contribution in [-0.4, -0.2) is 35.1 Å². The molecule has 0 bridgehead atoms. The van der Waals surface area contributed by atoms with Crippen LogP contribution in [0.15, 0.2) is 12.4 Å². The van der Waals surface area contributed by atoms with Gasteiger partial charge in [-0.1, -0.05) is 6.92 Å². The molecule has 1 N–H and O–H groups in total. The van der Waals surface area contributed by atoms with Crippen LogP contribution in [0.5, 0.6) is 0 Å². The van der Waals surface area contributed by atoms with Crippen molar-refractivity contribution in [1.29, 1.82) is 0 Å². The van der Waals surface area contributed by atoms with Gasteiger partial charge < -0.3 is 10.1 Å². The van der Waals surface area contributed by atoms with E-state index in [9.17, 15) is 0 Å². The summed E-state index contributed by atoms with van der Waals surface area (Å²) in [7, 11) is 0. The molecular formula is C13H23N3O. The fraction of sp³-hybridized carbons (Fsp3) is 0.769. The Balaban J connectivity index is 1.70. The van der Waals surface area contributed by atoms with E-state index in [1.54, 1.807) is 0 Å². The van der Waals surface area contributed by atoms with Gasteiger partial charge in [0, 0.05) is 12.7 Å². The van der Waals surface area contributed by atoms with Gasteiger partial charge in [-0.25, -0.2) is 0 Å². The van der Waals surface area contributed by atoms with Crippen molar-refractivity contribution in [2.45, 2.75) is 51.9 Å². The second kappa shape index (κ2) is 6.17. The van der Waals surface area contributed by atoms with Crippen LogP contribution >= 0.6 is 0 Å². The molecule has 2 rings (SSSR count). The minimum atomic E-state index is 0.336. The van der Waals surface area contributed by atoms with Crippen molar-refractivity contribution < 1.29 is 4.74 Å². The van der Waals surface area contributed by atoms with E-state index in [0.717, 1.165) is 26.1 Å². The lowest BCUT2D eigenvalue weighted by Crippen LogP contribution is -2.28. The van der Waals surface area contributed by atoms with Crippen LogP contribution in [0.3, 0.4) is 0 Å². The molecule has 4 heteroatoms. The van der Waals surface area contributed by atoms with Gasteiger partial charge in [0.2, 0.25) is 0 Å². The van der Waals surface area contributed by atoms with Gasteiger partial charge in [0.1, 0.15) is 0 Å². The van der Waals surface area contributed by atoms with E-state index in [1.807, 2.05) is 10.9 Å². The Hall–Kier alpha value is -0.870. The third kappa shape index (κ3) is 3.82. The second-order valence-corrected chi connectivity index (χ2v) is 4.90. The summed E-state index contributed by atoms with van der Waals surface area (Å²) in [6.07, 6.45) is 8.20. The summed E-state index contributed by atoms with van der Waals surface area (Å²) in [4.78, 5) is 0. The molecule has 1 fully saturated rings. The summed E-state index contributed by atoms with van der Waals surface area (Å²) in [5, 5.41) is 7.72. The largest absolute Gasteiger partial charge is 0.372 e. The zero-order valence-corrected chi connectivity index (χ0v) is 10.9. The van der Waals surface area contributed by atoms with Gasteiger partial charge in [-0.05, 0) is 38.3 Å². The molecule has 17 heavy (non-hydrogen) atoms. The van der Waals surface area contributed by atoms with Gasteiger partial charge in [0.25, 0.3) is 0 Å². The molecule has 0 saturated carbocycles. The van der Waals surface area contributed by atoms with Gasteiger partial charge in [-0.3, -0.25) is 4.68 Å². The number of nitrogens with zero attached hydrogens (tertiary/aromatic N) is 2. The van der Waals surface area contributed by atoms with Crippen LogP contribution in [0, 0.1) is 6.92 Å². The van der Waals surface area contributed by atoms with Crippen molar-refractivity contribution >= 4 is 0 Å². The third-order valence-electron chi connectivity index (χ3n) is 3.15. The van der Waals surface area contributed by atoms with Gasteiger partial charge in [0.05, 0.1) is 24.9 Å². The number of nitrogens with one attached hydrogen (secondary N) is 1. The fourth-order valence-corrected chi connectivity index (χ4v) is 2.28. The number of aromatic nitrogens is 2. The minimum Gasteiger partial charge on any atom is -0.372 e. The molecule has 0 spiro atoms. The lowest BCUT2D eigenvalue weighted by atomic mass is 10.2. The SMILES string of the molecule is CCCNCC1CCC(Cn2cc(C)cn2)O1. The van der Waals surface area contributed by atoms with Gasteiger partial charge in [-0.15, -0.1) is 0 Å². The molecule has 96 valence electrons. The second-order valence-electron chi connectivity index (χ2n) is 4.90. The fourth-order valence-electron chi connectivity index (χ4n) is 2.28. The van der Waals surface area contributed by atoms with Gasteiger partial charge >= 0.3 is 0 Å². The average molecular weight is 237 g/mol. The number of aryl methyl sites for hydroxylation is 1. The average Bonchev–Trinajstić information content (AvgIpc) is 2.90. The van der Waals surface area contributed by atoms with E-state index in [-0.39, 0.29) is 0 Å². The lowest BCUT2D eigenvalue weighted by Gasteiger charge is -2.14. The normalized spacial score (nSPS) is 24.4. The number of hydrogen-bond acceptors (Lipinski definition) is 3. The molecule has 2 atom stereocenters. The summed E-state index contributed by atoms with van der Waals surface area (Å²) < 4.78 is 7.99. The highest BCUT2D eigenvalue weighted by atomic mass is 16.5. The molecule has 1 aliphatic heterocycles. The molecule has 0 aromatic carbocycles. The van der Waals surface area contributed by atoms with Gasteiger partial charge in [-0.2, -0.15) is 5.10 Å². The first-order valence-electron chi connectivity index (χ1n) is 6.63. The Bertz CT molecular complexity index is 337. The molecule has 0 amide bonds. The maximum absolute atomic E-state index is 6.00. The molecule has 1 saturated heterocycles. The Kier molecular flexibility index (Phi) is 4.57. The molecule has 0 aliphatic carbocycles. The van der Waals surface area contributed by atoms with E-state index in [1.165, 1.54) is 18.4 Å². The summed E-state index contributed by atoms with van der Waals surface area (Å²) in [5.74, 6) is 0. The number of hydrogen-bond donors (Lipinski definition) is 1. The van der Waals surface area contributed by atoms with E-state index in [4.69, 9.17) is 4.74 Å². The topological polar surface area (TPSA) is 39.1 Å².